The number of aryl methyl sites for hydroxylation is 2. The first-order valence-electron chi connectivity index (χ1n) is 8.39. The van der Waals surface area contributed by atoms with Gasteiger partial charge in [0.25, 0.3) is 0 Å². The molecule has 3 atom stereocenters. The van der Waals surface area contributed by atoms with Gasteiger partial charge < -0.3 is 14.6 Å². The molecule has 4 rings (SSSR count). The van der Waals surface area contributed by atoms with Crippen molar-refractivity contribution < 1.29 is 14.6 Å². The Labute approximate surface area is 142 Å². The minimum Gasteiger partial charge on any atom is -0.394 e. The van der Waals surface area contributed by atoms with E-state index in [9.17, 15) is 5.11 Å². The van der Waals surface area contributed by atoms with Crippen molar-refractivity contribution in [2.45, 2.75) is 31.8 Å². The van der Waals surface area contributed by atoms with E-state index in [-0.39, 0.29) is 19.1 Å². The van der Waals surface area contributed by atoms with Gasteiger partial charge in [0, 0.05) is 0 Å². The second-order valence-electron chi connectivity index (χ2n) is 6.94. The zero-order valence-electron chi connectivity index (χ0n) is 14.1. The molecule has 2 aromatic rings. The van der Waals surface area contributed by atoms with Crippen molar-refractivity contribution in [3.63, 3.8) is 0 Å². The van der Waals surface area contributed by atoms with Crippen LogP contribution in [0.5, 0.6) is 0 Å². The van der Waals surface area contributed by atoms with Crippen LogP contribution >= 0.6 is 0 Å². The molecule has 2 heterocycles. The molecule has 2 aliphatic heterocycles. The second-order valence-corrected chi connectivity index (χ2v) is 6.94. The van der Waals surface area contributed by atoms with Gasteiger partial charge in [-0.1, -0.05) is 59.7 Å². The summed E-state index contributed by atoms with van der Waals surface area (Å²) in [5, 5.41) is 10.0. The minimum absolute atomic E-state index is 0.0255. The van der Waals surface area contributed by atoms with Crippen LogP contribution in [0.25, 0.3) is 0 Å². The molecule has 24 heavy (non-hydrogen) atoms. The maximum absolute atomic E-state index is 10.0. The third-order valence-corrected chi connectivity index (χ3v) is 5.09. The molecule has 0 saturated carbocycles. The van der Waals surface area contributed by atoms with Gasteiger partial charge in [-0.15, -0.1) is 0 Å². The van der Waals surface area contributed by atoms with Crippen molar-refractivity contribution >= 4 is 0 Å². The van der Waals surface area contributed by atoms with Gasteiger partial charge in [0.15, 0.2) is 0 Å². The van der Waals surface area contributed by atoms with Crippen molar-refractivity contribution in [3.8, 4) is 0 Å². The smallest absolute Gasteiger partial charge is 0.139 e. The molecule has 0 aromatic heterocycles. The Morgan fingerprint density at radius 2 is 1.29 bits per heavy atom. The molecule has 0 bridgehead atoms. The Bertz CT molecular complexity index is 653. The third-order valence-electron chi connectivity index (χ3n) is 5.09. The Balaban J connectivity index is 1.72. The zero-order valence-corrected chi connectivity index (χ0v) is 14.1. The van der Waals surface area contributed by atoms with Crippen molar-refractivity contribution in [2.24, 2.45) is 0 Å². The normalized spacial score (nSPS) is 29.8. The highest BCUT2D eigenvalue weighted by atomic mass is 16.6. The molecule has 2 fully saturated rings. The lowest BCUT2D eigenvalue weighted by molar-refractivity contribution is -0.0630. The summed E-state index contributed by atoms with van der Waals surface area (Å²) in [5.41, 5.74) is 4.17. The number of hydrogen-bond acceptors (Lipinski definition) is 4. The standard InChI is InChI=1S/C20H23NO3/c1-14-3-7-16(8-4-14)18-21-19(17-9-5-15(2)6-10-17)24-13-20(21,11-22)12-23-18/h3-10,18-19,22H,11-13H2,1-2H3/t18-,19+,20?. The van der Waals surface area contributed by atoms with E-state index in [0.29, 0.717) is 13.2 Å². The summed E-state index contributed by atoms with van der Waals surface area (Å²) in [5.74, 6) is 0. The fourth-order valence-electron chi connectivity index (χ4n) is 3.59. The fourth-order valence-corrected chi connectivity index (χ4v) is 3.59. The quantitative estimate of drug-likeness (QED) is 0.942. The summed E-state index contributed by atoms with van der Waals surface area (Å²) < 4.78 is 12.2. The summed E-state index contributed by atoms with van der Waals surface area (Å²) in [6.45, 7) is 5.13. The van der Waals surface area contributed by atoms with Gasteiger partial charge in [-0.05, 0) is 25.0 Å². The summed E-state index contributed by atoms with van der Waals surface area (Å²) in [4.78, 5) is 2.20. The van der Waals surface area contributed by atoms with Crippen LogP contribution in [0.4, 0.5) is 0 Å². The summed E-state index contributed by atoms with van der Waals surface area (Å²) >= 11 is 0. The first-order chi connectivity index (χ1) is 11.6. The van der Waals surface area contributed by atoms with Gasteiger partial charge in [0.1, 0.15) is 12.5 Å². The van der Waals surface area contributed by atoms with Crippen LogP contribution in [-0.2, 0) is 9.47 Å². The number of aliphatic hydroxyl groups is 1. The highest BCUT2D eigenvalue weighted by molar-refractivity contribution is 5.28. The monoisotopic (exact) mass is 325 g/mol. The van der Waals surface area contributed by atoms with Crippen LogP contribution in [0.2, 0.25) is 0 Å². The van der Waals surface area contributed by atoms with E-state index in [0.717, 1.165) is 11.1 Å². The van der Waals surface area contributed by atoms with Crippen LogP contribution in [-0.4, -0.2) is 35.4 Å². The van der Waals surface area contributed by atoms with E-state index in [1.807, 2.05) is 0 Å². The molecule has 0 aliphatic carbocycles. The van der Waals surface area contributed by atoms with E-state index >= 15 is 0 Å². The van der Waals surface area contributed by atoms with Gasteiger partial charge in [0.05, 0.1) is 25.4 Å². The number of hydrogen-bond donors (Lipinski definition) is 1. The van der Waals surface area contributed by atoms with E-state index in [1.165, 1.54) is 11.1 Å². The number of benzene rings is 2. The molecule has 2 saturated heterocycles. The number of fused-ring (bicyclic) bond motifs is 1. The van der Waals surface area contributed by atoms with Crippen LogP contribution in [0.3, 0.4) is 0 Å². The predicted octanol–water partition coefficient (Wildman–Crippen LogP) is 3.09. The van der Waals surface area contributed by atoms with Gasteiger partial charge in [-0.3, -0.25) is 0 Å². The lowest BCUT2D eigenvalue weighted by Gasteiger charge is -2.33. The van der Waals surface area contributed by atoms with Crippen molar-refractivity contribution in [2.75, 3.05) is 19.8 Å². The molecular weight excluding hydrogens is 302 g/mol. The lowest BCUT2D eigenvalue weighted by Crippen LogP contribution is -2.47. The largest absolute Gasteiger partial charge is 0.394 e. The molecule has 1 N–H and O–H groups in total. The van der Waals surface area contributed by atoms with Crippen LogP contribution in [0.15, 0.2) is 48.5 Å². The molecule has 4 heteroatoms. The Hall–Kier alpha value is -1.72. The molecular formula is C20H23NO3. The Morgan fingerprint density at radius 3 is 1.67 bits per heavy atom. The SMILES string of the molecule is Cc1ccc([C@H]2OCC3(CO)CO[C@@H](c4ccc(C)cc4)N23)cc1. The summed E-state index contributed by atoms with van der Waals surface area (Å²) in [6.07, 6.45) is -0.405. The fraction of sp³-hybridized carbons (Fsp3) is 0.400. The number of aliphatic hydroxyl groups excluding tert-OH is 1. The van der Waals surface area contributed by atoms with Gasteiger partial charge in [-0.2, -0.15) is 0 Å². The molecule has 2 aliphatic rings. The average Bonchev–Trinajstić information content (AvgIpc) is 3.14. The zero-order chi connectivity index (χ0) is 16.7. The highest BCUT2D eigenvalue weighted by Gasteiger charge is 2.56. The molecule has 0 spiro atoms. The maximum Gasteiger partial charge on any atom is 0.139 e. The lowest BCUT2D eigenvalue weighted by atomic mass is 10.0. The predicted molar refractivity (Wildman–Crippen MR) is 91.4 cm³/mol. The summed E-state index contributed by atoms with van der Waals surface area (Å²) in [6, 6.07) is 16.8. The first-order valence-corrected chi connectivity index (χ1v) is 8.39. The van der Waals surface area contributed by atoms with Gasteiger partial charge >= 0.3 is 0 Å². The molecule has 2 aromatic carbocycles. The van der Waals surface area contributed by atoms with Gasteiger partial charge in [-0.25, -0.2) is 4.90 Å². The molecule has 1 unspecified atom stereocenters. The molecule has 126 valence electrons. The van der Waals surface area contributed by atoms with Gasteiger partial charge in [0.2, 0.25) is 0 Å². The Morgan fingerprint density at radius 1 is 0.875 bits per heavy atom. The second kappa shape index (κ2) is 5.97. The van der Waals surface area contributed by atoms with Crippen molar-refractivity contribution in [1.82, 2.24) is 4.90 Å². The minimum atomic E-state index is -0.467. The number of rotatable bonds is 3. The Kier molecular flexibility index (Phi) is 3.93. The van der Waals surface area contributed by atoms with E-state index in [4.69, 9.17) is 9.47 Å². The molecule has 0 amide bonds. The first kappa shape index (κ1) is 15.8. The van der Waals surface area contributed by atoms with E-state index in [1.54, 1.807) is 0 Å². The molecule has 4 nitrogen and oxygen atoms in total. The average molecular weight is 325 g/mol. The topological polar surface area (TPSA) is 41.9 Å². The molecule has 0 radical (unpaired) electrons. The van der Waals surface area contributed by atoms with Crippen LogP contribution in [0, 0.1) is 13.8 Å². The van der Waals surface area contributed by atoms with Crippen LogP contribution in [0.1, 0.15) is 34.7 Å². The number of nitrogens with zero attached hydrogens (tertiary/aromatic N) is 1. The number of ether oxygens (including phenoxy) is 2. The van der Waals surface area contributed by atoms with Crippen molar-refractivity contribution in [1.29, 1.82) is 0 Å². The summed E-state index contributed by atoms with van der Waals surface area (Å²) in [7, 11) is 0. The van der Waals surface area contributed by atoms with Crippen LogP contribution < -0.4 is 0 Å². The third kappa shape index (κ3) is 2.47. The maximum atomic E-state index is 10.0. The van der Waals surface area contributed by atoms with E-state index < -0.39 is 5.54 Å². The highest BCUT2D eigenvalue weighted by Crippen LogP contribution is 2.48. The van der Waals surface area contributed by atoms with Crippen molar-refractivity contribution in [3.05, 3.63) is 70.8 Å². The van der Waals surface area contributed by atoms with E-state index in [2.05, 4.69) is 67.3 Å².